The summed E-state index contributed by atoms with van der Waals surface area (Å²) < 4.78 is 52.8. The molecule has 2 aromatic heterocycles. The zero-order valence-electron chi connectivity index (χ0n) is 15.1. The molecule has 148 valence electrons. The molecule has 0 spiro atoms. The molecule has 0 fully saturated rings. The molecule has 1 unspecified atom stereocenters. The lowest BCUT2D eigenvalue weighted by molar-refractivity contribution is 0.122. The minimum atomic E-state index is -2.51. The van der Waals surface area contributed by atoms with Crippen molar-refractivity contribution in [3.05, 3.63) is 59.6 Å². The summed E-state index contributed by atoms with van der Waals surface area (Å²) in [6.45, 7) is 3.02. The van der Waals surface area contributed by atoms with E-state index in [0.29, 0.717) is 17.1 Å². The van der Waals surface area contributed by atoms with Crippen LogP contribution in [0.15, 0.2) is 36.8 Å². The van der Waals surface area contributed by atoms with Gasteiger partial charge >= 0.3 is 0 Å². The van der Waals surface area contributed by atoms with E-state index in [1.165, 1.54) is 24.5 Å². The SMILES string of the molecule is Cc1cnc(Nc2cnn(CC(F)F)c2)nc1NC(C)c1cc(F)cc(F)c1. The van der Waals surface area contributed by atoms with Gasteiger partial charge in [0.1, 0.15) is 24.0 Å². The van der Waals surface area contributed by atoms with E-state index >= 15 is 0 Å². The molecule has 0 aliphatic rings. The predicted molar refractivity (Wildman–Crippen MR) is 96.7 cm³/mol. The van der Waals surface area contributed by atoms with Gasteiger partial charge in [-0.1, -0.05) is 0 Å². The van der Waals surface area contributed by atoms with Gasteiger partial charge in [-0.05, 0) is 31.5 Å². The van der Waals surface area contributed by atoms with Gasteiger partial charge in [0, 0.05) is 24.0 Å². The Morgan fingerprint density at radius 2 is 1.82 bits per heavy atom. The number of alkyl halides is 2. The standard InChI is InChI=1S/C18H18F4N6/c1-10-6-23-18(26-15-7-24-28(8-15)9-16(21)22)27-17(10)25-11(2)12-3-13(19)5-14(20)4-12/h3-8,11,16H,9H2,1-2H3,(H2,23,25,26,27). The summed E-state index contributed by atoms with van der Waals surface area (Å²) in [5.74, 6) is -0.630. The van der Waals surface area contributed by atoms with Gasteiger partial charge in [-0.15, -0.1) is 0 Å². The maximum absolute atomic E-state index is 13.4. The van der Waals surface area contributed by atoms with E-state index in [-0.39, 0.29) is 5.95 Å². The zero-order valence-corrected chi connectivity index (χ0v) is 15.1. The first-order chi connectivity index (χ1) is 13.3. The van der Waals surface area contributed by atoms with Gasteiger partial charge < -0.3 is 10.6 Å². The van der Waals surface area contributed by atoms with Crippen molar-refractivity contribution in [3.8, 4) is 0 Å². The molecule has 2 N–H and O–H groups in total. The van der Waals surface area contributed by atoms with E-state index in [9.17, 15) is 17.6 Å². The average molecular weight is 394 g/mol. The van der Waals surface area contributed by atoms with Crippen molar-refractivity contribution >= 4 is 17.5 Å². The molecule has 0 bridgehead atoms. The van der Waals surface area contributed by atoms with Crippen LogP contribution in [0.2, 0.25) is 0 Å². The van der Waals surface area contributed by atoms with Crippen LogP contribution in [0.4, 0.5) is 35.0 Å². The Balaban J connectivity index is 1.74. The summed E-state index contributed by atoms with van der Waals surface area (Å²) in [7, 11) is 0. The molecule has 2 heterocycles. The molecule has 0 aliphatic heterocycles. The normalized spacial score (nSPS) is 12.2. The summed E-state index contributed by atoms with van der Waals surface area (Å²) >= 11 is 0. The Labute approximate surface area is 158 Å². The van der Waals surface area contributed by atoms with Crippen LogP contribution >= 0.6 is 0 Å². The molecule has 0 saturated carbocycles. The van der Waals surface area contributed by atoms with Gasteiger partial charge in [-0.25, -0.2) is 22.5 Å². The van der Waals surface area contributed by atoms with Crippen LogP contribution in [0.3, 0.4) is 0 Å². The molecule has 1 aromatic carbocycles. The average Bonchev–Trinajstić information content (AvgIpc) is 3.03. The first-order valence-corrected chi connectivity index (χ1v) is 8.44. The summed E-state index contributed by atoms with van der Waals surface area (Å²) in [4.78, 5) is 8.49. The number of aromatic nitrogens is 4. The number of aryl methyl sites for hydroxylation is 1. The lowest BCUT2D eigenvalue weighted by Gasteiger charge is -2.17. The molecular weight excluding hydrogens is 376 g/mol. The summed E-state index contributed by atoms with van der Waals surface area (Å²) in [5.41, 5.74) is 1.61. The maximum atomic E-state index is 13.4. The number of hydrogen-bond acceptors (Lipinski definition) is 5. The molecule has 28 heavy (non-hydrogen) atoms. The third kappa shape index (κ3) is 4.96. The van der Waals surface area contributed by atoms with Crippen LogP contribution in [0.25, 0.3) is 0 Å². The third-order valence-electron chi connectivity index (χ3n) is 3.92. The highest BCUT2D eigenvalue weighted by molar-refractivity contribution is 5.54. The molecule has 0 amide bonds. The van der Waals surface area contributed by atoms with Gasteiger partial charge in [0.05, 0.1) is 17.9 Å². The second-order valence-electron chi connectivity index (χ2n) is 6.26. The fraction of sp³-hybridized carbons (Fsp3) is 0.278. The Bertz CT molecular complexity index is 939. The van der Waals surface area contributed by atoms with E-state index in [0.717, 1.165) is 16.3 Å². The fourth-order valence-electron chi connectivity index (χ4n) is 2.56. The van der Waals surface area contributed by atoms with E-state index in [4.69, 9.17) is 0 Å². The maximum Gasteiger partial charge on any atom is 0.257 e. The van der Waals surface area contributed by atoms with E-state index in [1.54, 1.807) is 20.0 Å². The Hall–Kier alpha value is -3.17. The van der Waals surface area contributed by atoms with Crippen LogP contribution in [0.1, 0.15) is 24.1 Å². The fourth-order valence-corrected chi connectivity index (χ4v) is 2.56. The monoisotopic (exact) mass is 394 g/mol. The van der Waals surface area contributed by atoms with Crippen molar-refractivity contribution in [2.45, 2.75) is 32.9 Å². The number of rotatable bonds is 7. The number of nitrogens with zero attached hydrogens (tertiary/aromatic N) is 4. The first kappa shape index (κ1) is 19.6. The quantitative estimate of drug-likeness (QED) is 0.580. The summed E-state index contributed by atoms with van der Waals surface area (Å²) in [6, 6.07) is 2.88. The van der Waals surface area contributed by atoms with Crippen LogP contribution < -0.4 is 10.6 Å². The highest BCUT2D eigenvalue weighted by Crippen LogP contribution is 2.23. The Morgan fingerprint density at radius 1 is 1.11 bits per heavy atom. The van der Waals surface area contributed by atoms with Crippen molar-refractivity contribution < 1.29 is 17.6 Å². The molecule has 1 atom stereocenters. The lowest BCUT2D eigenvalue weighted by atomic mass is 10.1. The third-order valence-corrected chi connectivity index (χ3v) is 3.92. The topological polar surface area (TPSA) is 67.7 Å². The number of hydrogen-bond donors (Lipinski definition) is 2. The van der Waals surface area contributed by atoms with Crippen LogP contribution in [0.5, 0.6) is 0 Å². The van der Waals surface area contributed by atoms with Gasteiger partial charge in [0.25, 0.3) is 6.43 Å². The van der Waals surface area contributed by atoms with Gasteiger partial charge in [-0.3, -0.25) is 4.68 Å². The van der Waals surface area contributed by atoms with Gasteiger partial charge in [0.15, 0.2) is 0 Å². The highest BCUT2D eigenvalue weighted by Gasteiger charge is 2.13. The van der Waals surface area contributed by atoms with E-state index in [2.05, 4.69) is 25.7 Å². The molecule has 0 saturated heterocycles. The van der Waals surface area contributed by atoms with Crippen molar-refractivity contribution in [2.24, 2.45) is 0 Å². The predicted octanol–water partition coefficient (Wildman–Crippen LogP) is 4.44. The largest absolute Gasteiger partial charge is 0.363 e. The van der Waals surface area contributed by atoms with Gasteiger partial charge in [-0.2, -0.15) is 10.1 Å². The van der Waals surface area contributed by atoms with E-state index in [1.807, 2.05) is 0 Å². The lowest BCUT2D eigenvalue weighted by Crippen LogP contribution is -2.11. The number of halogens is 4. The first-order valence-electron chi connectivity index (χ1n) is 8.44. The number of nitrogens with one attached hydrogen (secondary N) is 2. The molecule has 0 aliphatic carbocycles. The minimum Gasteiger partial charge on any atom is -0.363 e. The van der Waals surface area contributed by atoms with Crippen molar-refractivity contribution in [1.82, 2.24) is 19.7 Å². The molecule has 3 aromatic rings. The van der Waals surface area contributed by atoms with Crippen LogP contribution in [-0.2, 0) is 6.54 Å². The molecule has 3 rings (SSSR count). The van der Waals surface area contributed by atoms with Crippen LogP contribution in [0, 0.1) is 18.6 Å². The summed E-state index contributed by atoms with van der Waals surface area (Å²) in [5, 5.41) is 9.81. The molecule has 6 nitrogen and oxygen atoms in total. The molecule has 0 radical (unpaired) electrons. The molecular formula is C18H18F4N6. The zero-order chi connectivity index (χ0) is 20.3. The van der Waals surface area contributed by atoms with Crippen molar-refractivity contribution in [1.29, 1.82) is 0 Å². The van der Waals surface area contributed by atoms with E-state index < -0.39 is 30.6 Å². The number of benzene rings is 1. The highest BCUT2D eigenvalue weighted by atomic mass is 19.3. The Kier molecular flexibility index (Phi) is 5.76. The summed E-state index contributed by atoms with van der Waals surface area (Å²) in [6.07, 6.45) is 1.87. The van der Waals surface area contributed by atoms with Crippen LogP contribution in [-0.4, -0.2) is 26.2 Å². The van der Waals surface area contributed by atoms with Crippen molar-refractivity contribution in [2.75, 3.05) is 10.6 Å². The second-order valence-corrected chi connectivity index (χ2v) is 6.26. The number of anilines is 3. The van der Waals surface area contributed by atoms with Crippen molar-refractivity contribution in [3.63, 3.8) is 0 Å². The Morgan fingerprint density at radius 3 is 2.50 bits per heavy atom. The smallest absolute Gasteiger partial charge is 0.257 e. The molecule has 10 heteroatoms. The minimum absolute atomic E-state index is 0.224. The van der Waals surface area contributed by atoms with Gasteiger partial charge in [0.2, 0.25) is 5.95 Å². The second kappa shape index (κ2) is 8.24.